The van der Waals surface area contributed by atoms with Crippen molar-refractivity contribution >= 4 is 12.4 Å². The Hall–Kier alpha value is -0.100. The molecule has 1 heterocycles. The first kappa shape index (κ1) is 13.9. The van der Waals surface area contributed by atoms with Crippen molar-refractivity contribution in [1.82, 2.24) is 5.32 Å². The topological polar surface area (TPSA) is 12.0 Å². The largest absolute Gasteiger partial charge is 0.453 e. The van der Waals surface area contributed by atoms with Crippen LogP contribution in [0.3, 0.4) is 0 Å². The molecule has 0 bridgehead atoms. The van der Waals surface area contributed by atoms with Gasteiger partial charge in [-0.15, -0.1) is 12.4 Å². The minimum Gasteiger partial charge on any atom is -0.316 e. The highest BCUT2D eigenvalue weighted by molar-refractivity contribution is 5.85. The van der Waals surface area contributed by atoms with Crippen molar-refractivity contribution in [3.05, 3.63) is 0 Å². The molecular formula is C7H11ClF5N. The molecule has 86 valence electrons. The van der Waals surface area contributed by atoms with E-state index in [9.17, 15) is 22.0 Å². The van der Waals surface area contributed by atoms with Gasteiger partial charge >= 0.3 is 12.1 Å². The maximum Gasteiger partial charge on any atom is 0.453 e. The van der Waals surface area contributed by atoms with Crippen LogP contribution in [0.1, 0.15) is 12.8 Å². The van der Waals surface area contributed by atoms with Crippen molar-refractivity contribution in [2.45, 2.75) is 24.9 Å². The van der Waals surface area contributed by atoms with Gasteiger partial charge in [0, 0.05) is 12.5 Å². The minimum absolute atomic E-state index is 0. The van der Waals surface area contributed by atoms with Crippen LogP contribution in [0, 0.1) is 5.92 Å². The summed E-state index contributed by atoms with van der Waals surface area (Å²) in [4.78, 5) is 0. The summed E-state index contributed by atoms with van der Waals surface area (Å²) in [5, 5.41) is 2.53. The van der Waals surface area contributed by atoms with Crippen molar-refractivity contribution in [2.75, 3.05) is 13.1 Å². The lowest BCUT2D eigenvalue weighted by Gasteiger charge is -2.31. The first-order chi connectivity index (χ1) is 5.86. The van der Waals surface area contributed by atoms with E-state index < -0.39 is 18.0 Å². The van der Waals surface area contributed by atoms with E-state index in [-0.39, 0.29) is 25.4 Å². The van der Waals surface area contributed by atoms with Gasteiger partial charge in [-0.1, -0.05) is 0 Å². The van der Waals surface area contributed by atoms with Gasteiger partial charge < -0.3 is 5.32 Å². The summed E-state index contributed by atoms with van der Waals surface area (Å²) in [5.41, 5.74) is 0. The zero-order valence-electron chi connectivity index (χ0n) is 7.20. The predicted octanol–water partition coefficient (Wildman–Crippen LogP) is 2.61. The molecule has 0 saturated carbocycles. The fraction of sp³-hybridized carbons (Fsp3) is 1.00. The van der Waals surface area contributed by atoms with Crippen molar-refractivity contribution < 1.29 is 22.0 Å². The Morgan fingerprint density at radius 2 is 1.64 bits per heavy atom. The second-order valence-corrected chi connectivity index (χ2v) is 3.16. The third-order valence-corrected chi connectivity index (χ3v) is 2.19. The second-order valence-electron chi connectivity index (χ2n) is 3.16. The Labute approximate surface area is 84.5 Å². The summed E-state index contributed by atoms with van der Waals surface area (Å²) < 4.78 is 60.8. The molecule has 1 unspecified atom stereocenters. The Balaban J connectivity index is 0.00000169. The van der Waals surface area contributed by atoms with Crippen LogP contribution >= 0.6 is 12.4 Å². The van der Waals surface area contributed by atoms with Gasteiger partial charge in [0.2, 0.25) is 0 Å². The molecule has 1 aliphatic heterocycles. The number of hydrogen-bond acceptors (Lipinski definition) is 1. The number of alkyl halides is 5. The van der Waals surface area contributed by atoms with Gasteiger partial charge in [-0.25, -0.2) is 0 Å². The van der Waals surface area contributed by atoms with E-state index in [0.717, 1.165) is 0 Å². The predicted molar refractivity (Wildman–Crippen MR) is 43.8 cm³/mol. The molecule has 1 aliphatic rings. The van der Waals surface area contributed by atoms with Crippen LogP contribution in [0.5, 0.6) is 0 Å². The van der Waals surface area contributed by atoms with E-state index in [1.807, 2.05) is 0 Å². The number of halogens is 6. The first-order valence-electron chi connectivity index (χ1n) is 4.01. The average molecular weight is 240 g/mol. The molecule has 0 amide bonds. The zero-order chi connectivity index (χ0) is 10.1. The normalized spacial score (nSPS) is 24.2. The van der Waals surface area contributed by atoms with Gasteiger partial charge in [-0.2, -0.15) is 22.0 Å². The summed E-state index contributed by atoms with van der Waals surface area (Å²) in [5.74, 6) is -6.17. The fourth-order valence-electron chi connectivity index (χ4n) is 1.39. The van der Waals surface area contributed by atoms with E-state index in [1.165, 1.54) is 0 Å². The molecule has 1 N–H and O–H groups in total. The number of rotatable bonds is 1. The van der Waals surface area contributed by atoms with E-state index in [1.54, 1.807) is 0 Å². The van der Waals surface area contributed by atoms with Gasteiger partial charge in [0.15, 0.2) is 0 Å². The van der Waals surface area contributed by atoms with Gasteiger partial charge in [0.1, 0.15) is 0 Å². The molecule has 0 aliphatic carbocycles. The molecule has 1 rings (SSSR count). The van der Waals surface area contributed by atoms with Gasteiger partial charge in [-0.05, 0) is 19.4 Å². The summed E-state index contributed by atoms with van der Waals surface area (Å²) in [6.07, 6.45) is -5.12. The molecule has 1 saturated heterocycles. The van der Waals surface area contributed by atoms with Crippen LogP contribution in [-0.2, 0) is 0 Å². The lowest BCUT2D eigenvalue weighted by atomic mass is 9.92. The summed E-state index contributed by atoms with van der Waals surface area (Å²) in [7, 11) is 0. The van der Waals surface area contributed by atoms with Crippen LogP contribution in [0.25, 0.3) is 0 Å². The molecule has 7 heteroatoms. The zero-order valence-corrected chi connectivity index (χ0v) is 8.02. The Morgan fingerprint density at radius 3 is 2.00 bits per heavy atom. The van der Waals surface area contributed by atoms with E-state index in [0.29, 0.717) is 13.0 Å². The molecule has 14 heavy (non-hydrogen) atoms. The molecule has 0 aromatic heterocycles. The monoisotopic (exact) mass is 239 g/mol. The van der Waals surface area contributed by atoms with Crippen LogP contribution in [0.15, 0.2) is 0 Å². The Kier molecular flexibility index (Phi) is 4.58. The second kappa shape index (κ2) is 4.61. The molecule has 0 aromatic rings. The number of piperidine rings is 1. The number of hydrogen-bond donors (Lipinski definition) is 1. The molecule has 0 spiro atoms. The maximum atomic E-state index is 12.7. The quantitative estimate of drug-likeness (QED) is 0.694. The molecule has 1 nitrogen and oxygen atoms in total. The van der Waals surface area contributed by atoms with Gasteiger partial charge in [0.05, 0.1) is 0 Å². The lowest BCUT2D eigenvalue weighted by Crippen LogP contribution is -2.49. The maximum absolute atomic E-state index is 12.7. The molecule has 1 fully saturated rings. The highest BCUT2D eigenvalue weighted by atomic mass is 35.5. The van der Waals surface area contributed by atoms with Crippen molar-refractivity contribution in [2.24, 2.45) is 5.92 Å². The lowest BCUT2D eigenvalue weighted by molar-refractivity contribution is -0.303. The molecule has 0 aromatic carbocycles. The van der Waals surface area contributed by atoms with E-state index >= 15 is 0 Å². The molecular weight excluding hydrogens is 229 g/mol. The molecule has 1 atom stereocenters. The van der Waals surface area contributed by atoms with Crippen LogP contribution in [0.2, 0.25) is 0 Å². The third kappa shape index (κ3) is 2.70. The summed E-state index contributed by atoms with van der Waals surface area (Å²) >= 11 is 0. The highest BCUT2D eigenvalue weighted by Crippen LogP contribution is 2.43. The number of nitrogens with one attached hydrogen (secondary N) is 1. The molecule has 0 radical (unpaired) electrons. The third-order valence-electron chi connectivity index (χ3n) is 2.19. The first-order valence-corrected chi connectivity index (χ1v) is 4.01. The highest BCUT2D eigenvalue weighted by Gasteiger charge is 2.61. The van der Waals surface area contributed by atoms with Crippen molar-refractivity contribution in [3.63, 3.8) is 0 Å². The van der Waals surface area contributed by atoms with E-state index in [4.69, 9.17) is 0 Å². The summed E-state index contributed by atoms with van der Waals surface area (Å²) in [6, 6.07) is 0. The SMILES string of the molecule is Cl.FC(F)(F)C(F)(F)C1CCCNC1. The average Bonchev–Trinajstić information content (AvgIpc) is 2.04. The van der Waals surface area contributed by atoms with Crippen molar-refractivity contribution in [1.29, 1.82) is 0 Å². The smallest absolute Gasteiger partial charge is 0.316 e. The standard InChI is InChI=1S/C7H10F5N.ClH/c8-6(9,7(10,11)12)5-2-1-3-13-4-5;/h5,13H,1-4H2;1H. The Morgan fingerprint density at radius 1 is 1.07 bits per heavy atom. The minimum atomic E-state index is -5.42. The van der Waals surface area contributed by atoms with Gasteiger partial charge in [-0.3, -0.25) is 0 Å². The fourth-order valence-corrected chi connectivity index (χ4v) is 1.39. The van der Waals surface area contributed by atoms with Gasteiger partial charge in [0.25, 0.3) is 0 Å². The van der Waals surface area contributed by atoms with E-state index in [2.05, 4.69) is 5.32 Å². The van der Waals surface area contributed by atoms with Crippen LogP contribution in [-0.4, -0.2) is 25.2 Å². The Bertz CT molecular complexity index is 175. The van der Waals surface area contributed by atoms with Crippen LogP contribution < -0.4 is 5.32 Å². The van der Waals surface area contributed by atoms with Crippen molar-refractivity contribution in [3.8, 4) is 0 Å². The summed E-state index contributed by atoms with van der Waals surface area (Å²) in [6.45, 7) is 0.261. The van der Waals surface area contributed by atoms with Crippen LogP contribution in [0.4, 0.5) is 22.0 Å².